The van der Waals surface area contributed by atoms with E-state index in [1.54, 1.807) is 31.2 Å². The monoisotopic (exact) mass is 511 g/mol. The van der Waals surface area contributed by atoms with Gasteiger partial charge in [0.25, 0.3) is 11.6 Å². The van der Waals surface area contributed by atoms with E-state index in [1.807, 2.05) is 0 Å². The topological polar surface area (TPSA) is 145 Å². The molecule has 11 heteroatoms. The molecule has 2 aromatic carbocycles. The predicted molar refractivity (Wildman–Crippen MR) is 134 cm³/mol. The number of aryl methyl sites for hydroxylation is 1. The molecule has 0 radical (unpaired) electrons. The highest BCUT2D eigenvalue weighted by atomic mass is 16.6. The van der Waals surface area contributed by atoms with Crippen molar-refractivity contribution in [2.24, 2.45) is 5.92 Å². The van der Waals surface area contributed by atoms with E-state index in [9.17, 15) is 29.3 Å². The third-order valence-electron chi connectivity index (χ3n) is 5.89. The summed E-state index contributed by atoms with van der Waals surface area (Å²) in [5, 5.41) is 13.5. The number of anilines is 2. The van der Waals surface area contributed by atoms with E-state index in [0.717, 1.165) is 19.3 Å². The van der Waals surface area contributed by atoms with Crippen LogP contribution in [0.1, 0.15) is 48.5 Å². The molecular formula is C26H29N3O8. The third kappa shape index (κ3) is 7.35. The van der Waals surface area contributed by atoms with Gasteiger partial charge in [0.15, 0.2) is 6.61 Å². The standard InChI is InChI=1S/C26H29N3O8/c1-3-4-5-12-36-25(32)18-7-10-21(11-8-18)28-15-19(13-24(28)31)26(33)37-16-23(30)27-20-9-6-17(2)22(14-20)29(34)35/h6-11,14,19H,3-5,12-13,15-16H2,1-2H3,(H,27,30)/t19-/m1/s1. The van der Waals surface area contributed by atoms with E-state index < -0.39 is 35.3 Å². The normalized spacial score (nSPS) is 14.8. The molecule has 1 atom stereocenters. The van der Waals surface area contributed by atoms with Crippen molar-refractivity contribution in [1.82, 2.24) is 0 Å². The Balaban J connectivity index is 1.50. The van der Waals surface area contributed by atoms with E-state index >= 15 is 0 Å². The Labute approximate surface area is 213 Å². The number of unbranched alkanes of at least 4 members (excludes halogenated alkanes) is 2. The van der Waals surface area contributed by atoms with Crippen molar-refractivity contribution in [2.75, 3.05) is 30.0 Å². The molecular weight excluding hydrogens is 482 g/mol. The summed E-state index contributed by atoms with van der Waals surface area (Å²) in [5.41, 5.74) is 1.40. The van der Waals surface area contributed by atoms with Gasteiger partial charge in [-0.2, -0.15) is 0 Å². The fraction of sp³-hybridized carbons (Fsp3) is 0.385. The molecule has 0 unspecified atom stereocenters. The lowest BCUT2D eigenvalue weighted by Gasteiger charge is -2.17. The van der Waals surface area contributed by atoms with E-state index in [2.05, 4.69) is 12.2 Å². The average molecular weight is 512 g/mol. The first kappa shape index (κ1) is 27.3. The van der Waals surface area contributed by atoms with Gasteiger partial charge in [0.1, 0.15) is 0 Å². The van der Waals surface area contributed by atoms with Crippen LogP contribution in [-0.2, 0) is 23.9 Å². The fourth-order valence-electron chi connectivity index (χ4n) is 3.83. The number of ether oxygens (including phenoxy) is 2. The van der Waals surface area contributed by atoms with Crippen LogP contribution in [-0.4, -0.2) is 48.4 Å². The molecule has 0 bridgehead atoms. The number of carbonyl (C=O) groups is 4. The molecule has 0 spiro atoms. The number of esters is 2. The van der Waals surface area contributed by atoms with Crippen molar-refractivity contribution in [1.29, 1.82) is 0 Å². The maximum Gasteiger partial charge on any atom is 0.338 e. The van der Waals surface area contributed by atoms with E-state index in [-0.39, 0.29) is 30.2 Å². The van der Waals surface area contributed by atoms with Gasteiger partial charge in [-0.05, 0) is 43.7 Å². The van der Waals surface area contributed by atoms with Crippen molar-refractivity contribution < 1.29 is 33.6 Å². The number of hydrogen-bond donors (Lipinski definition) is 1. The second kappa shape index (κ2) is 12.6. The van der Waals surface area contributed by atoms with Crippen molar-refractivity contribution in [3.8, 4) is 0 Å². The molecule has 0 aliphatic carbocycles. The molecule has 1 aliphatic rings. The van der Waals surface area contributed by atoms with Crippen LogP contribution < -0.4 is 10.2 Å². The van der Waals surface area contributed by atoms with Crippen LogP contribution in [0.5, 0.6) is 0 Å². The highest BCUT2D eigenvalue weighted by Crippen LogP contribution is 2.27. The largest absolute Gasteiger partial charge is 0.462 e. The first-order valence-corrected chi connectivity index (χ1v) is 12.0. The molecule has 1 aliphatic heterocycles. The lowest BCUT2D eigenvalue weighted by atomic mass is 10.1. The Morgan fingerprint density at radius 1 is 1.11 bits per heavy atom. The number of carbonyl (C=O) groups excluding carboxylic acids is 4. The Kier molecular flexibility index (Phi) is 9.31. The number of rotatable bonds is 11. The molecule has 0 aromatic heterocycles. The van der Waals surface area contributed by atoms with Gasteiger partial charge in [-0.15, -0.1) is 0 Å². The Morgan fingerprint density at radius 2 is 1.84 bits per heavy atom. The van der Waals surface area contributed by atoms with Gasteiger partial charge in [-0.3, -0.25) is 24.5 Å². The quantitative estimate of drug-likeness (QED) is 0.208. The van der Waals surface area contributed by atoms with Gasteiger partial charge < -0.3 is 19.7 Å². The third-order valence-corrected chi connectivity index (χ3v) is 5.89. The van der Waals surface area contributed by atoms with Crippen LogP contribution >= 0.6 is 0 Å². The van der Waals surface area contributed by atoms with Crippen LogP contribution in [0.2, 0.25) is 0 Å². The van der Waals surface area contributed by atoms with E-state index in [1.165, 1.54) is 23.1 Å². The molecule has 1 N–H and O–H groups in total. The maximum absolute atomic E-state index is 12.5. The van der Waals surface area contributed by atoms with Crippen LogP contribution in [0.25, 0.3) is 0 Å². The van der Waals surface area contributed by atoms with Crippen LogP contribution in [0.3, 0.4) is 0 Å². The Bertz CT molecular complexity index is 1180. The minimum absolute atomic E-state index is 0.0737. The lowest BCUT2D eigenvalue weighted by molar-refractivity contribution is -0.385. The fourth-order valence-corrected chi connectivity index (χ4v) is 3.83. The zero-order valence-corrected chi connectivity index (χ0v) is 20.7. The van der Waals surface area contributed by atoms with E-state index in [4.69, 9.17) is 9.47 Å². The van der Waals surface area contributed by atoms with Crippen LogP contribution in [0, 0.1) is 23.0 Å². The summed E-state index contributed by atoms with van der Waals surface area (Å²) in [4.78, 5) is 61.2. The number of nitrogens with zero attached hydrogens (tertiary/aromatic N) is 2. The van der Waals surface area contributed by atoms with Gasteiger partial charge >= 0.3 is 11.9 Å². The second-order valence-electron chi connectivity index (χ2n) is 8.71. The molecule has 2 amide bonds. The highest BCUT2D eigenvalue weighted by molar-refractivity contribution is 6.00. The maximum atomic E-state index is 12.5. The number of nitro groups is 1. The number of nitro benzene ring substituents is 1. The highest BCUT2D eigenvalue weighted by Gasteiger charge is 2.36. The Morgan fingerprint density at radius 3 is 2.51 bits per heavy atom. The summed E-state index contributed by atoms with van der Waals surface area (Å²) >= 11 is 0. The number of hydrogen-bond acceptors (Lipinski definition) is 8. The zero-order chi connectivity index (χ0) is 26.9. The molecule has 1 heterocycles. The van der Waals surface area contributed by atoms with Crippen molar-refractivity contribution in [3.63, 3.8) is 0 Å². The number of nitrogens with one attached hydrogen (secondary N) is 1. The van der Waals surface area contributed by atoms with Gasteiger partial charge in [0.05, 0.1) is 23.0 Å². The summed E-state index contributed by atoms with van der Waals surface area (Å²) in [6.07, 6.45) is 2.73. The minimum Gasteiger partial charge on any atom is -0.462 e. The summed E-state index contributed by atoms with van der Waals surface area (Å²) in [6, 6.07) is 10.6. The first-order chi connectivity index (χ1) is 17.7. The van der Waals surface area contributed by atoms with Gasteiger partial charge in [0, 0.05) is 36.0 Å². The molecule has 3 rings (SSSR count). The first-order valence-electron chi connectivity index (χ1n) is 12.0. The second-order valence-corrected chi connectivity index (χ2v) is 8.71. The molecule has 11 nitrogen and oxygen atoms in total. The number of benzene rings is 2. The van der Waals surface area contributed by atoms with Crippen molar-refractivity contribution >= 4 is 40.8 Å². The summed E-state index contributed by atoms with van der Waals surface area (Å²) in [5.74, 6) is -2.84. The average Bonchev–Trinajstić information content (AvgIpc) is 3.27. The van der Waals surface area contributed by atoms with Crippen molar-refractivity contribution in [2.45, 2.75) is 39.5 Å². The van der Waals surface area contributed by atoms with Gasteiger partial charge in [0.2, 0.25) is 5.91 Å². The SMILES string of the molecule is CCCCCOC(=O)c1ccc(N2C[C@H](C(=O)OCC(=O)Nc3ccc(C)c([N+](=O)[O-])c3)CC2=O)cc1. The van der Waals surface area contributed by atoms with Gasteiger partial charge in [-0.25, -0.2) is 4.79 Å². The molecule has 0 saturated carbocycles. The molecule has 196 valence electrons. The van der Waals surface area contributed by atoms with Crippen molar-refractivity contribution in [3.05, 3.63) is 63.7 Å². The van der Waals surface area contributed by atoms with Crippen LogP contribution in [0.15, 0.2) is 42.5 Å². The van der Waals surface area contributed by atoms with E-state index in [0.29, 0.717) is 23.4 Å². The number of amides is 2. The van der Waals surface area contributed by atoms with Gasteiger partial charge in [-0.1, -0.05) is 25.8 Å². The summed E-state index contributed by atoms with van der Waals surface area (Å²) in [6.45, 7) is 3.47. The minimum atomic E-state index is -0.760. The summed E-state index contributed by atoms with van der Waals surface area (Å²) in [7, 11) is 0. The zero-order valence-electron chi connectivity index (χ0n) is 20.7. The molecule has 2 aromatic rings. The predicted octanol–water partition coefficient (Wildman–Crippen LogP) is 3.79. The molecule has 1 fully saturated rings. The smallest absolute Gasteiger partial charge is 0.338 e. The summed E-state index contributed by atoms with van der Waals surface area (Å²) < 4.78 is 10.3. The Hall–Kier alpha value is -4.28. The van der Waals surface area contributed by atoms with Crippen LogP contribution in [0.4, 0.5) is 17.1 Å². The lowest BCUT2D eigenvalue weighted by Crippen LogP contribution is -2.28. The molecule has 1 saturated heterocycles. The molecule has 37 heavy (non-hydrogen) atoms.